The fourth-order valence-electron chi connectivity index (χ4n) is 2.90. The van der Waals surface area contributed by atoms with Gasteiger partial charge in [-0.1, -0.05) is 36.4 Å². The number of halogens is 1. The largest absolute Gasteiger partial charge is 0.371 e. The Morgan fingerprint density at radius 3 is 2.54 bits per heavy atom. The Labute approximate surface area is 136 Å². The van der Waals surface area contributed by atoms with Gasteiger partial charge in [0.05, 0.1) is 0 Å². The number of nitrogens with zero attached hydrogens (tertiary/aromatic N) is 1. The van der Waals surface area contributed by atoms with Gasteiger partial charge in [0.1, 0.15) is 5.52 Å². The molecule has 0 saturated carbocycles. The van der Waals surface area contributed by atoms with Gasteiger partial charge in [-0.3, -0.25) is 9.59 Å². The molecular formula is C19H12FNO3. The molecule has 3 aromatic rings. The van der Waals surface area contributed by atoms with Gasteiger partial charge in [0.25, 0.3) is 0 Å². The molecule has 0 atom stereocenters. The molecule has 1 heterocycles. The summed E-state index contributed by atoms with van der Waals surface area (Å²) in [5.41, 5.74) is 1.67. The lowest BCUT2D eigenvalue weighted by atomic mass is 9.94. The Morgan fingerprint density at radius 2 is 1.75 bits per heavy atom. The Hall–Kier alpha value is -3.21. The van der Waals surface area contributed by atoms with Crippen LogP contribution in [0, 0.1) is 12.7 Å². The zero-order chi connectivity index (χ0) is 16.8. The molecular weight excluding hydrogens is 309 g/mol. The number of rotatable bonds is 2. The van der Waals surface area contributed by atoms with Gasteiger partial charge in [0, 0.05) is 28.8 Å². The summed E-state index contributed by atoms with van der Waals surface area (Å²) in [5.74, 6) is -1.30. The summed E-state index contributed by atoms with van der Waals surface area (Å²) in [5, 5.41) is 0.686. The number of Topliss-reactive ketones (excluding diaryl/α,β-unsaturated/α-hetero) is 1. The highest BCUT2D eigenvalue weighted by molar-refractivity contribution is 6.23. The molecule has 0 amide bonds. The number of carbonyl (C=O) groups is 2. The minimum atomic E-state index is -0.462. The van der Waals surface area contributed by atoms with Crippen molar-refractivity contribution >= 4 is 22.5 Å². The van der Waals surface area contributed by atoms with Crippen molar-refractivity contribution in [3.05, 3.63) is 83.0 Å². The van der Waals surface area contributed by atoms with Crippen LogP contribution in [-0.2, 0) is 0 Å². The van der Waals surface area contributed by atoms with Crippen LogP contribution in [0.5, 0.6) is 0 Å². The van der Waals surface area contributed by atoms with E-state index in [0.717, 1.165) is 11.6 Å². The minimum absolute atomic E-state index is 0.126. The average molecular weight is 321 g/mol. The Morgan fingerprint density at radius 1 is 1.00 bits per heavy atom. The standard InChI is InChI=1S/C19H12FNO3/c1-11-10-21(18-12(11)7-4-8-15(18)20)24-17-9-16(22)13-5-2-3-6-14(13)19(17)23/h2-10H,1H3. The molecule has 0 fully saturated rings. The van der Waals surface area contributed by atoms with E-state index in [1.165, 1.54) is 10.8 Å². The zero-order valence-corrected chi connectivity index (χ0v) is 12.7. The SMILES string of the molecule is Cc1cn(OC2=CC(=O)c3ccccc3C2=O)c2c(F)cccc12. The fraction of sp³-hybridized carbons (Fsp3) is 0.0526. The van der Waals surface area contributed by atoms with Crippen LogP contribution in [-0.4, -0.2) is 16.3 Å². The molecule has 0 saturated heterocycles. The van der Waals surface area contributed by atoms with Gasteiger partial charge in [-0.05, 0) is 18.6 Å². The van der Waals surface area contributed by atoms with E-state index in [2.05, 4.69) is 0 Å². The zero-order valence-electron chi connectivity index (χ0n) is 12.7. The number of aromatic nitrogens is 1. The van der Waals surface area contributed by atoms with Crippen molar-refractivity contribution < 1.29 is 18.8 Å². The highest BCUT2D eigenvalue weighted by atomic mass is 19.1. The highest BCUT2D eigenvalue weighted by Gasteiger charge is 2.27. The van der Waals surface area contributed by atoms with Gasteiger partial charge in [-0.2, -0.15) is 4.73 Å². The van der Waals surface area contributed by atoms with E-state index >= 15 is 0 Å². The normalized spacial score (nSPS) is 13.8. The molecule has 118 valence electrons. The number of allylic oxidation sites excluding steroid dienone is 2. The Kier molecular flexibility index (Phi) is 3.09. The molecule has 24 heavy (non-hydrogen) atoms. The van der Waals surface area contributed by atoms with Gasteiger partial charge in [-0.25, -0.2) is 4.39 Å². The molecule has 0 unspecified atom stereocenters. The molecule has 0 radical (unpaired) electrons. The Balaban J connectivity index is 1.80. The Bertz CT molecular complexity index is 1050. The first kappa shape index (κ1) is 14.4. The second-order valence-electron chi connectivity index (χ2n) is 5.61. The topological polar surface area (TPSA) is 48.3 Å². The van der Waals surface area contributed by atoms with E-state index < -0.39 is 11.6 Å². The van der Waals surface area contributed by atoms with E-state index in [1.807, 2.05) is 6.92 Å². The van der Waals surface area contributed by atoms with Gasteiger partial charge in [-0.15, -0.1) is 0 Å². The van der Waals surface area contributed by atoms with Crippen LogP contribution in [0.15, 0.2) is 60.5 Å². The summed E-state index contributed by atoms with van der Waals surface area (Å²) >= 11 is 0. The maximum atomic E-state index is 14.2. The van der Waals surface area contributed by atoms with E-state index in [1.54, 1.807) is 42.6 Å². The van der Waals surface area contributed by atoms with Crippen LogP contribution in [0.4, 0.5) is 4.39 Å². The molecule has 0 spiro atoms. The summed E-state index contributed by atoms with van der Waals surface area (Å²) in [6.07, 6.45) is 2.74. The van der Waals surface area contributed by atoms with Gasteiger partial charge in [0.15, 0.2) is 11.6 Å². The number of fused-ring (bicyclic) bond motifs is 2. The van der Waals surface area contributed by atoms with E-state index in [9.17, 15) is 14.0 Å². The number of para-hydroxylation sites is 1. The monoisotopic (exact) mass is 321 g/mol. The van der Waals surface area contributed by atoms with Crippen LogP contribution in [0.25, 0.3) is 10.9 Å². The van der Waals surface area contributed by atoms with Gasteiger partial charge in [0.2, 0.25) is 11.5 Å². The molecule has 0 bridgehead atoms. The number of benzene rings is 2. The van der Waals surface area contributed by atoms with Crippen molar-refractivity contribution in [3.8, 4) is 0 Å². The summed E-state index contributed by atoms with van der Waals surface area (Å²) in [6, 6.07) is 11.2. The smallest absolute Gasteiger partial charge is 0.231 e. The third-order valence-corrected chi connectivity index (χ3v) is 4.06. The molecule has 1 aliphatic carbocycles. The number of carbonyl (C=O) groups excluding carboxylic acids is 2. The predicted molar refractivity (Wildman–Crippen MR) is 86.4 cm³/mol. The van der Waals surface area contributed by atoms with E-state index in [0.29, 0.717) is 10.9 Å². The molecule has 0 aliphatic heterocycles. The second-order valence-corrected chi connectivity index (χ2v) is 5.61. The number of ketones is 2. The molecule has 1 aromatic heterocycles. The predicted octanol–water partition coefficient (Wildman–Crippen LogP) is 3.48. The second kappa shape index (κ2) is 5.16. The molecule has 5 heteroatoms. The lowest BCUT2D eigenvalue weighted by Crippen LogP contribution is -2.24. The van der Waals surface area contributed by atoms with Crippen LogP contribution in [0.3, 0.4) is 0 Å². The molecule has 4 nitrogen and oxygen atoms in total. The molecule has 4 rings (SSSR count). The van der Waals surface area contributed by atoms with E-state index in [4.69, 9.17) is 4.84 Å². The highest BCUT2D eigenvalue weighted by Crippen LogP contribution is 2.25. The van der Waals surface area contributed by atoms with Crippen molar-refractivity contribution in [1.29, 1.82) is 0 Å². The summed E-state index contributed by atoms with van der Waals surface area (Å²) in [4.78, 5) is 30.3. The maximum absolute atomic E-state index is 14.2. The van der Waals surface area contributed by atoms with Crippen molar-refractivity contribution in [1.82, 2.24) is 4.73 Å². The van der Waals surface area contributed by atoms with Crippen LogP contribution >= 0.6 is 0 Å². The van der Waals surface area contributed by atoms with E-state index in [-0.39, 0.29) is 22.6 Å². The summed E-state index contributed by atoms with van der Waals surface area (Å²) in [7, 11) is 0. The third-order valence-electron chi connectivity index (χ3n) is 4.06. The van der Waals surface area contributed by atoms with Crippen LogP contribution in [0.2, 0.25) is 0 Å². The number of aryl methyl sites for hydroxylation is 1. The first-order valence-electron chi connectivity index (χ1n) is 7.40. The summed E-state index contributed by atoms with van der Waals surface area (Å²) in [6.45, 7) is 1.82. The average Bonchev–Trinajstić information content (AvgIpc) is 2.90. The fourth-order valence-corrected chi connectivity index (χ4v) is 2.90. The summed E-state index contributed by atoms with van der Waals surface area (Å²) < 4.78 is 15.4. The minimum Gasteiger partial charge on any atom is -0.371 e. The first-order valence-corrected chi connectivity index (χ1v) is 7.40. The number of hydrogen-bond donors (Lipinski definition) is 0. The molecule has 2 aromatic carbocycles. The quantitative estimate of drug-likeness (QED) is 0.726. The third kappa shape index (κ3) is 2.06. The van der Waals surface area contributed by atoms with Gasteiger partial charge >= 0.3 is 0 Å². The van der Waals surface area contributed by atoms with Crippen molar-refractivity contribution in [2.24, 2.45) is 0 Å². The molecule has 0 N–H and O–H groups in total. The number of hydrogen-bond acceptors (Lipinski definition) is 3. The van der Waals surface area contributed by atoms with Crippen LogP contribution in [0.1, 0.15) is 26.3 Å². The lowest BCUT2D eigenvalue weighted by Gasteiger charge is -2.16. The van der Waals surface area contributed by atoms with Gasteiger partial charge < -0.3 is 4.84 Å². The lowest BCUT2D eigenvalue weighted by molar-refractivity contribution is 0.0870. The maximum Gasteiger partial charge on any atom is 0.231 e. The van der Waals surface area contributed by atoms with Crippen molar-refractivity contribution in [2.75, 3.05) is 0 Å². The van der Waals surface area contributed by atoms with Crippen molar-refractivity contribution in [2.45, 2.75) is 6.92 Å². The van der Waals surface area contributed by atoms with Crippen LogP contribution < -0.4 is 4.84 Å². The molecule has 1 aliphatic rings. The first-order chi connectivity index (χ1) is 11.6. The van der Waals surface area contributed by atoms with Crippen molar-refractivity contribution in [3.63, 3.8) is 0 Å².